The van der Waals surface area contributed by atoms with Gasteiger partial charge in [0.2, 0.25) is 0 Å². The van der Waals surface area contributed by atoms with Gasteiger partial charge >= 0.3 is 5.97 Å². The molecule has 1 N–H and O–H groups in total. The molecule has 7 heteroatoms. The molecule has 1 aromatic rings. The van der Waals surface area contributed by atoms with Crippen molar-refractivity contribution in [3.8, 4) is 0 Å². The van der Waals surface area contributed by atoms with E-state index in [1.807, 2.05) is 0 Å². The van der Waals surface area contributed by atoms with Crippen molar-refractivity contribution >= 4 is 35.1 Å². The fourth-order valence-electron chi connectivity index (χ4n) is 1.26. The average Bonchev–Trinajstić information content (AvgIpc) is 2.31. The number of halogens is 2. The Morgan fingerprint density at radius 2 is 2.05 bits per heavy atom. The predicted molar refractivity (Wildman–Crippen MR) is 72.4 cm³/mol. The van der Waals surface area contributed by atoms with Gasteiger partial charge in [0.15, 0.2) is 0 Å². The lowest BCUT2D eigenvalue weighted by Crippen LogP contribution is -2.28. The lowest BCUT2D eigenvalue weighted by atomic mass is 10.3. The molecule has 104 valence electrons. The highest BCUT2D eigenvalue weighted by atomic mass is 35.5. The Morgan fingerprint density at radius 1 is 1.37 bits per heavy atom. The molecule has 1 aromatic heterocycles. The van der Waals surface area contributed by atoms with Gasteiger partial charge in [-0.1, -0.05) is 23.2 Å². The molecular formula is C12H14Cl2N2O3. The van der Waals surface area contributed by atoms with Crippen molar-refractivity contribution in [3.05, 3.63) is 28.0 Å². The molecule has 0 unspecified atom stereocenters. The first-order valence-corrected chi connectivity index (χ1v) is 6.45. The molecule has 5 nitrogen and oxygen atoms in total. The van der Waals surface area contributed by atoms with Gasteiger partial charge in [0.25, 0.3) is 5.91 Å². The van der Waals surface area contributed by atoms with Crippen LogP contribution in [-0.4, -0.2) is 29.5 Å². The third-order valence-electron chi connectivity index (χ3n) is 2.01. The maximum absolute atomic E-state index is 11.8. The second-order valence-corrected chi connectivity index (χ2v) is 4.80. The highest BCUT2D eigenvalue weighted by Crippen LogP contribution is 2.16. The molecule has 0 aromatic carbocycles. The van der Waals surface area contributed by atoms with E-state index in [-0.39, 0.29) is 40.9 Å². The minimum Gasteiger partial charge on any atom is -0.463 e. The van der Waals surface area contributed by atoms with E-state index in [0.717, 1.165) is 0 Å². The molecule has 19 heavy (non-hydrogen) atoms. The van der Waals surface area contributed by atoms with E-state index < -0.39 is 5.91 Å². The molecule has 1 amide bonds. The second-order valence-electron chi connectivity index (χ2n) is 4.01. The summed E-state index contributed by atoms with van der Waals surface area (Å²) < 4.78 is 4.93. The van der Waals surface area contributed by atoms with Crippen LogP contribution in [0.4, 0.5) is 0 Å². The number of nitrogens with one attached hydrogen (secondary N) is 1. The van der Waals surface area contributed by atoms with E-state index in [1.54, 1.807) is 13.8 Å². The Labute approximate surface area is 121 Å². The molecule has 0 aliphatic heterocycles. The van der Waals surface area contributed by atoms with Crippen LogP contribution in [0.25, 0.3) is 0 Å². The summed E-state index contributed by atoms with van der Waals surface area (Å²) in [5.74, 6) is -0.856. The Hall–Kier alpha value is -1.33. The van der Waals surface area contributed by atoms with Crippen LogP contribution in [0.15, 0.2) is 12.1 Å². The maximum Gasteiger partial charge on any atom is 0.307 e. The van der Waals surface area contributed by atoms with Gasteiger partial charge in [-0.25, -0.2) is 4.98 Å². The van der Waals surface area contributed by atoms with Crippen molar-refractivity contribution < 1.29 is 14.3 Å². The van der Waals surface area contributed by atoms with Crippen LogP contribution in [0.2, 0.25) is 10.2 Å². The first-order valence-electron chi connectivity index (χ1n) is 5.70. The second kappa shape index (κ2) is 7.31. The van der Waals surface area contributed by atoms with E-state index in [4.69, 9.17) is 27.9 Å². The van der Waals surface area contributed by atoms with Gasteiger partial charge in [0, 0.05) is 6.54 Å². The van der Waals surface area contributed by atoms with E-state index in [9.17, 15) is 9.59 Å². The number of ether oxygens (including phenoxy) is 1. The number of carbonyl (C=O) groups excluding carboxylic acids is 2. The SMILES string of the molecule is CC(C)OC(=O)CCNC(=O)c1nc(Cl)ccc1Cl. The van der Waals surface area contributed by atoms with E-state index >= 15 is 0 Å². The summed E-state index contributed by atoms with van der Waals surface area (Å²) in [7, 11) is 0. The van der Waals surface area contributed by atoms with Crippen LogP contribution in [0.1, 0.15) is 30.8 Å². The number of carbonyl (C=O) groups is 2. The van der Waals surface area contributed by atoms with Gasteiger partial charge in [-0.15, -0.1) is 0 Å². The van der Waals surface area contributed by atoms with E-state index in [0.29, 0.717) is 0 Å². The van der Waals surface area contributed by atoms with Gasteiger partial charge in [-0.05, 0) is 26.0 Å². The first-order chi connectivity index (χ1) is 8.90. The van der Waals surface area contributed by atoms with Gasteiger partial charge < -0.3 is 10.1 Å². The molecule has 0 saturated carbocycles. The van der Waals surface area contributed by atoms with E-state index in [1.165, 1.54) is 12.1 Å². The average molecular weight is 305 g/mol. The molecular weight excluding hydrogens is 291 g/mol. The monoisotopic (exact) mass is 304 g/mol. The third kappa shape index (κ3) is 5.44. The maximum atomic E-state index is 11.8. The lowest BCUT2D eigenvalue weighted by Gasteiger charge is -2.08. The third-order valence-corrected chi connectivity index (χ3v) is 2.52. The fraction of sp³-hybridized carbons (Fsp3) is 0.417. The predicted octanol–water partition coefficient (Wildman–Crippen LogP) is 2.46. The summed E-state index contributed by atoms with van der Waals surface area (Å²) in [6.07, 6.45) is -0.0884. The molecule has 0 fully saturated rings. The number of hydrogen-bond acceptors (Lipinski definition) is 4. The summed E-state index contributed by atoms with van der Waals surface area (Å²) in [4.78, 5) is 26.8. The number of aromatic nitrogens is 1. The summed E-state index contributed by atoms with van der Waals surface area (Å²) in [6, 6.07) is 2.97. The minimum absolute atomic E-state index is 0.0337. The molecule has 0 radical (unpaired) electrons. The van der Waals surface area contributed by atoms with Crippen LogP contribution in [0.5, 0.6) is 0 Å². The van der Waals surface area contributed by atoms with Crippen molar-refractivity contribution in [1.82, 2.24) is 10.3 Å². The van der Waals surface area contributed by atoms with Gasteiger partial charge in [0.05, 0.1) is 17.5 Å². The number of amides is 1. The van der Waals surface area contributed by atoms with Crippen LogP contribution in [-0.2, 0) is 9.53 Å². The van der Waals surface area contributed by atoms with Crippen molar-refractivity contribution in [2.45, 2.75) is 26.4 Å². The lowest BCUT2D eigenvalue weighted by molar-refractivity contribution is -0.147. The zero-order chi connectivity index (χ0) is 14.4. The minimum atomic E-state index is -0.482. The van der Waals surface area contributed by atoms with Crippen LogP contribution >= 0.6 is 23.2 Å². The Morgan fingerprint density at radius 3 is 2.68 bits per heavy atom. The zero-order valence-electron chi connectivity index (χ0n) is 10.6. The normalized spacial score (nSPS) is 10.4. The van der Waals surface area contributed by atoms with Crippen LogP contribution < -0.4 is 5.32 Å². The molecule has 0 spiro atoms. The Kier molecular flexibility index (Phi) is 6.05. The Balaban J connectivity index is 2.48. The molecule has 0 saturated heterocycles. The molecule has 1 heterocycles. The fourth-order valence-corrected chi connectivity index (χ4v) is 1.60. The Bertz CT molecular complexity index is 478. The summed E-state index contributed by atoms with van der Waals surface area (Å²) >= 11 is 11.5. The molecule has 0 aliphatic carbocycles. The first kappa shape index (κ1) is 15.7. The van der Waals surface area contributed by atoms with E-state index in [2.05, 4.69) is 10.3 Å². The molecule has 0 atom stereocenters. The van der Waals surface area contributed by atoms with Crippen molar-refractivity contribution in [2.24, 2.45) is 0 Å². The number of esters is 1. The largest absolute Gasteiger partial charge is 0.463 e. The van der Waals surface area contributed by atoms with Crippen molar-refractivity contribution in [3.63, 3.8) is 0 Å². The summed E-state index contributed by atoms with van der Waals surface area (Å²) in [6.45, 7) is 3.66. The zero-order valence-corrected chi connectivity index (χ0v) is 12.1. The van der Waals surface area contributed by atoms with Gasteiger partial charge in [-0.2, -0.15) is 0 Å². The van der Waals surface area contributed by atoms with Crippen LogP contribution in [0.3, 0.4) is 0 Å². The topological polar surface area (TPSA) is 68.3 Å². The van der Waals surface area contributed by atoms with Crippen molar-refractivity contribution in [2.75, 3.05) is 6.54 Å². The number of hydrogen-bond donors (Lipinski definition) is 1. The van der Waals surface area contributed by atoms with Crippen LogP contribution in [0, 0.1) is 0 Å². The van der Waals surface area contributed by atoms with Crippen molar-refractivity contribution in [1.29, 1.82) is 0 Å². The highest BCUT2D eigenvalue weighted by molar-refractivity contribution is 6.34. The molecule has 1 rings (SSSR count). The number of rotatable bonds is 5. The molecule has 0 aliphatic rings. The highest BCUT2D eigenvalue weighted by Gasteiger charge is 2.13. The van der Waals surface area contributed by atoms with Gasteiger partial charge in [-0.3, -0.25) is 9.59 Å². The smallest absolute Gasteiger partial charge is 0.307 e. The number of nitrogens with zero attached hydrogens (tertiary/aromatic N) is 1. The summed E-state index contributed by atoms with van der Waals surface area (Å²) in [5, 5.41) is 2.90. The number of pyridine rings is 1. The molecule has 0 bridgehead atoms. The quantitative estimate of drug-likeness (QED) is 0.670. The summed E-state index contributed by atoms with van der Waals surface area (Å²) in [5.41, 5.74) is 0.0337. The van der Waals surface area contributed by atoms with Gasteiger partial charge in [0.1, 0.15) is 10.8 Å². The standard InChI is InChI=1S/C12H14Cl2N2O3/c1-7(2)19-10(17)5-6-15-12(18)11-8(13)3-4-9(14)16-11/h3-4,7H,5-6H2,1-2H3,(H,15,18).